The molecule has 2 rings (SSSR count). The van der Waals surface area contributed by atoms with Gasteiger partial charge in [-0.15, -0.1) is 0 Å². The van der Waals surface area contributed by atoms with Crippen molar-refractivity contribution >= 4 is 12.1 Å². The van der Waals surface area contributed by atoms with Crippen molar-refractivity contribution in [2.45, 2.75) is 46.0 Å². The summed E-state index contributed by atoms with van der Waals surface area (Å²) in [6.07, 6.45) is 3.06. The lowest BCUT2D eigenvalue weighted by molar-refractivity contribution is -0.120. The molecular formula is C22H28N2O. The minimum atomic E-state index is -0.0934. The van der Waals surface area contributed by atoms with Crippen LogP contribution in [0.2, 0.25) is 0 Å². The predicted octanol–water partition coefficient (Wildman–Crippen LogP) is 4.51. The van der Waals surface area contributed by atoms with Crippen LogP contribution in [0.5, 0.6) is 0 Å². The van der Waals surface area contributed by atoms with Gasteiger partial charge in [0.25, 0.3) is 0 Å². The lowest BCUT2D eigenvalue weighted by atomic mass is 9.86. The van der Waals surface area contributed by atoms with Gasteiger partial charge in [0.2, 0.25) is 5.91 Å². The fraction of sp³-hybridized carbons (Fsp3) is 0.364. The maximum absolute atomic E-state index is 11.9. The van der Waals surface area contributed by atoms with Gasteiger partial charge < -0.3 is 0 Å². The number of rotatable bonds is 6. The van der Waals surface area contributed by atoms with Crippen LogP contribution < -0.4 is 5.43 Å². The Morgan fingerprint density at radius 1 is 1.04 bits per heavy atom. The Morgan fingerprint density at radius 2 is 1.68 bits per heavy atom. The first-order valence-electron chi connectivity index (χ1n) is 8.80. The van der Waals surface area contributed by atoms with Gasteiger partial charge in [-0.05, 0) is 34.4 Å². The molecule has 0 heterocycles. The number of hydrogen-bond donors (Lipinski definition) is 1. The van der Waals surface area contributed by atoms with Crippen molar-refractivity contribution in [1.82, 2.24) is 5.43 Å². The molecule has 1 unspecified atom stereocenters. The number of nitrogens with zero attached hydrogens (tertiary/aromatic N) is 1. The first-order chi connectivity index (χ1) is 11.8. The Kier molecular flexibility index (Phi) is 6.51. The summed E-state index contributed by atoms with van der Waals surface area (Å²) in [4.78, 5) is 11.9. The lowest BCUT2D eigenvalue weighted by Crippen LogP contribution is -2.20. The van der Waals surface area contributed by atoms with Crippen molar-refractivity contribution in [3.05, 3.63) is 71.3 Å². The highest BCUT2D eigenvalue weighted by Crippen LogP contribution is 2.22. The molecule has 0 aliphatic carbocycles. The Hall–Kier alpha value is -2.42. The second kappa shape index (κ2) is 8.61. The molecule has 0 saturated heterocycles. The average Bonchev–Trinajstić information content (AvgIpc) is 2.55. The number of carbonyl (C=O) groups excluding carboxylic acids is 1. The van der Waals surface area contributed by atoms with Crippen LogP contribution >= 0.6 is 0 Å². The van der Waals surface area contributed by atoms with Crippen LogP contribution in [0.15, 0.2) is 59.7 Å². The molecule has 0 aliphatic rings. The molecule has 3 nitrogen and oxygen atoms in total. The van der Waals surface area contributed by atoms with E-state index in [1.807, 2.05) is 30.3 Å². The van der Waals surface area contributed by atoms with E-state index in [1.165, 1.54) is 11.1 Å². The second-order valence-electron chi connectivity index (χ2n) is 7.60. The Bertz CT molecular complexity index is 697. The van der Waals surface area contributed by atoms with Crippen LogP contribution in [-0.2, 0) is 23.1 Å². The molecule has 0 radical (unpaired) electrons. The second-order valence-corrected chi connectivity index (χ2v) is 7.60. The summed E-state index contributed by atoms with van der Waals surface area (Å²) < 4.78 is 0. The monoisotopic (exact) mass is 336 g/mol. The fourth-order valence-corrected chi connectivity index (χ4v) is 2.62. The first kappa shape index (κ1) is 18.9. The molecule has 0 aliphatic heterocycles. The summed E-state index contributed by atoms with van der Waals surface area (Å²) in [5.41, 5.74) is 6.39. The molecule has 0 fully saturated rings. The van der Waals surface area contributed by atoms with Crippen molar-refractivity contribution in [3.63, 3.8) is 0 Å². The number of carbonyl (C=O) groups is 1. The molecule has 132 valence electrons. The minimum absolute atomic E-state index is 0.0934. The number of amides is 1. The summed E-state index contributed by atoms with van der Waals surface area (Å²) in [5.74, 6) is 0.168. The largest absolute Gasteiger partial charge is 0.273 e. The van der Waals surface area contributed by atoms with Crippen LogP contribution in [0.25, 0.3) is 0 Å². The summed E-state index contributed by atoms with van der Waals surface area (Å²) >= 11 is 0. The van der Waals surface area contributed by atoms with Crippen molar-refractivity contribution in [3.8, 4) is 0 Å². The number of hydrogen-bond acceptors (Lipinski definition) is 2. The number of benzene rings is 2. The summed E-state index contributed by atoms with van der Waals surface area (Å²) in [6.45, 7) is 8.75. The third-order valence-corrected chi connectivity index (χ3v) is 4.10. The molecule has 1 atom stereocenters. The zero-order valence-electron chi connectivity index (χ0n) is 15.6. The van der Waals surface area contributed by atoms with E-state index in [9.17, 15) is 4.79 Å². The van der Waals surface area contributed by atoms with E-state index in [1.54, 1.807) is 6.21 Å². The van der Waals surface area contributed by atoms with E-state index in [0.29, 0.717) is 6.42 Å². The molecular weight excluding hydrogens is 308 g/mol. The normalized spacial score (nSPS) is 13.0. The molecule has 2 aromatic rings. The van der Waals surface area contributed by atoms with E-state index in [-0.39, 0.29) is 17.2 Å². The first-order valence-corrected chi connectivity index (χ1v) is 8.80. The molecule has 0 bridgehead atoms. The summed E-state index contributed by atoms with van der Waals surface area (Å²) in [6, 6.07) is 18.4. The standard InChI is InChI=1S/C22H28N2O/c1-17(14-19-10-12-20(13-11-19)22(2,3)4)16-23-24-21(25)15-18-8-6-5-7-9-18/h5-13,16-17H,14-15H2,1-4H3,(H,24,25)/b23-16-. The fourth-order valence-electron chi connectivity index (χ4n) is 2.62. The highest BCUT2D eigenvalue weighted by molar-refractivity contribution is 5.79. The molecule has 2 aromatic carbocycles. The Labute approximate surface area is 151 Å². The minimum Gasteiger partial charge on any atom is -0.273 e. The lowest BCUT2D eigenvalue weighted by Gasteiger charge is -2.19. The van der Waals surface area contributed by atoms with Crippen LogP contribution in [0, 0.1) is 5.92 Å². The third-order valence-electron chi connectivity index (χ3n) is 4.10. The number of nitrogens with one attached hydrogen (secondary N) is 1. The maximum atomic E-state index is 11.9. The SMILES string of the molecule is CC(/C=N\NC(=O)Cc1ccccc1)Cc1ccc(C(C)(C)C)cc1. The van der Waals surface area contributed by atoms with Gasteiger partial charge in [-0.3, -0.25) is 4.79 Å². The molecule has 1 amide bonds. The molecule has 0 spiro atoms. The highest BCUT2D eigenvalue weighted by atomic mass is 16.2. The summed E-state index contributed by atoms with van der Waals surface area (Å²) in [5, 5.41) is 4.10. The zero-order chi connectivity index (χ0) is 18.3. The van der Waals surface area contributed by atoms with E-state index in [2.05, 4.69) is 62.5 Å². The average molecular weight is 336 g/mol. The van der Waals surface area contributed by atoms with E-state index in [4.69, 9.17) is 0 Å². The third kappa shape index (κ3) is 6.54. The molecule has 3 heteroatoms. The van der Waals surface area contributed by atoms with Crippen LogP contribution in [-0.4, -0.2) is 12.1 Å². The predicted molar refractivity (Wildman–Crippen MR) is 105 cm³/mol. The highest BCUT2D eigenvalue weighted by Gasteiger charge is 2.13. The van der Waals surface area contributed by atoms with Gasteiger partial charge in [0.05, 0.1) is 6.42 Å². The molecule has 0 saturated carbocycles. The van der Waals surface area contributed by atoms with Crippen LogP contribution in [0.3, 0.4) is 0 Å². The van der Waals surface area contributed by atoms with Crippen molar-refractivity contribution < 1.29 is 4.79 Å². The van der Waals surface area contributed by atoms with Gasteiger partial charge in [-0.1, -0.05) is 82.3 Å². The van der Waals surface area contributed by atoms with Gasteiger partial charge in [0.1, 0.15) is 0 Å². The van der Waals surface area contributed by atoms with Crippen LogP contribution in [0.4, 0.5) is 0 Å². The van der Waals surface area contributed by atoms with E-state index < -0.39 is 0 Å². The van der Waals surface area contributed by atoms with Gasteiger partial charge in [0.15, 0.2) is 0 Å². The molecule has 0 aromatic heterocycles. The number of hydrazone groups is 1. The van der Waals surface area contributed by atoms with Gasteiger partial charge in [-0.25, -0.2) is 5.43 Å². The van der Waals surface area contributed by atoms with Gasteiger partial charge in [0, 0.05) is 6.21 Å². The van der Waals surface area contributed by atoms with E-state index in [0.717, 1.165) is 12.0 Å². The Balaban J connectivity index is 1.80. The zero-order valence-corrected chi connectivity index (χ0v) is 15.6. The van der Waals surface area contributed by atoms with Gasteiger partial charge >= 0.3 is 0 Å². The smallest absolute Gasteiger partial charge is 0.244 e. The van der Waals surface area contributed by atoms with E-state index >= 15 is 0 Å². The van der Waals surface area contributed by atoms with Crippen LogP contribution in [0.1, 0.15) is 44.4 Å². The molecule has 25 heavy (non-hydrogen) atoms. The topological polar surface area (TPSA) is 41.5 Å². The Morgan fingerprint density at radius 3 is 2.28 bits per heavy atom. The van der Waals surface area contributed by atoms with Gasteiger partial charge in [-0.2, -0.15) is 5.10 Å². The quantitative estimate of drug-likeness (QED) is 0.612. The van der Waals surface area contributed by atoms with Crippen molar-refractivity contribution in [2.75, 3.05) is 0 Å². The summed E-state index contributed by atoms with van der Waals surface area (Å²) in [7, 11) is 0. The maximum Gasteiger partial charge on any atom is 0.244 e. The van der Waals surface area contributed by atoms with Crippen molar-refractivity contribution in [2.24, 2.45) is 11.0 Å². The van der Waals surface area contributed by atoms with Crippen molar-refractivity contribution in [1.29, 1.82) is 0 Å². The molecule has 1 N–H and O–H groups in total.